The van der Waals surface area contributed by atoms with Gasteiger partial charge in [0.05, 0.1) is 11.5 Å². The van der Waals surface area contributed by atoms with Gasteiger partial charge in [-0.2, -0.15) is 0 Å². The SMILES string of the molecule is CCC(NC(=O)C1(c2ccccc2)CCOCC1)c1ccc(C)c(C)c1. The summed E-state index contributed by atoms with van der Waals surface area (Å²) in [6.45, 7) is 7.62. The Hall–Kier alpha value is -2.13. The van der Waals surface area contributed by atoms with E-state index < -0.39 is 5.41 Å². The molecule has 1 N–H and O–H groups in total. The molecule has 1 fully saturated rings. The van der Waals surface area contributed by atoms with Crippen LogP contribution in [0.2, 0.25) is 0 Å². The fourth-order valence-electron chi connectivity index (χ4n) is 3.82. The van der Waals surface area contributed by atoms with Gasteiger partial charge < -0.3 is 10.1 Å². The minimum atomic E-state index is -0.493. The molecule has 1 amide bonds. The Morgan fingerprint density at radius 2 is 1.77 bits per heavy atom. The van der Waals surface area contributed by atoms with Crippen LogP contribution in [0.5, 0.6) is 0 Å². The van der Waals surface area contributed by atoms with Crippen LogP contribution in [0.25, 0.3) is 0 Å². The van der Waals surface area contributed by atoms with E-state index >= 15 is 0 Å². The second kappa shape index (κ2) is 8.05. The molecule has 1 unspecified atom stereocenters. The lowest BCUT2D eigenvalue weighted by Gasteiger charge is -2.37. The fourth-order valence-corrected chi connectivity index (χ4v) is 3.82. The number of hydrogen-bond donors (Lipinski definition) is 1. The van der Waals surface area contributed by atoms with Crippen molar-refractivity contribution in [2.45, 2.75) is 51.5 Å². The number of amides is 1. The number of carbonyl (C=O) groups is 1. The van der Waals surface area contributed by atoms with Crippen molar-refractivity contribution in [1.29, 1.82) is 0 Å². The fraction of sp³-hybridized carbons (Fsp3) is 0.435. The van der Waals surface area contributed by atoms with E-state index in [1.807, 2.05) is 18.2 Å². The zero-order valence-corrected chi connectivity index (χ0v) is 16.0. The zero-order valence-electron chi connectivity index (χ0n) is 16.0. The predicted octanol–water partition coefficient (Wildman–Crippen LogP) is 4.62. The summed E-state index contributed by atoms with van der Waals surface area (Å²) in [5.41, 5.74) is 4.32. The number of benzene rings is 2. The van der Waals surface area contributed by atoms with Crippen LogP contribution in [0.3, 0.4) is 0 Å². The molecule has 1 aliphatic rings. The van der Waals surface area contributed by atoms with Crippen LogP contribution in [-0.4, -0.2) is 19.1 Å². The third-order valence-electron chi connectivity index (χ3n) is 5.75. The zero-order chi connectivity index (χ0) is 18.6. The van der Waals surface area contributed by atoms with Gasteiger partial charge in [0, 0.05) is 13.2 Å². The van der Waals surface area contributed by atoms with Crippen LogP contribution in [0.4, 0.5) is 0 Å². The first-order valence-corrected chi connectivity index (χ1v) is 9.58. The average Bonchev–Trinajstić information content (AvgIpc) is 2.69. The molecule has 0 radical (unpaired) electrons. The summed E-state index contributed by atoms with van der Waals surface area (Å²) >= 11 is 0. The molecule has 0 bridgehead atoms. The van der Waals surface area contributed by atoms with E-state index in [4.69, 9.17) is 4.74 Å². The first-order valence-electron chi connectivity index (χ1n) is 9.58. The van der Waals surface area contributed by atoms with E-state index in [9.17, 15) is 4.79 Å². The molecule has 1 aliphatic heterocycles. The first-order chi connectivity index (χ1) is 12.6. The summed E-state index contributed by atoms with van der Waals surface area (Å²) < 4.78 is 5.56. The van der Waals surface area contributed by atoms with Gasteiger partial charge in [-0.05, 0) is 55.4 Å². The standard InChI is InChI=1S/C23H29NO2/c1-4-21(19-11-10-17(2)18(3)16-19)24-22(25)23(12-14-26-15-13-23)20-8-6-5-7-9-20/h5-11,16,21H,4,12-15H2,1-3H3,(H,24,25). The van der Waals surface area contributed by atoms with Gasteiger partial charge in [0.2, 0.25) is 5.91 Å². The second-order valence-corrected chi connectivity index (χ2v) is 7.34. The third-order valence-corrected chi connectivity index (χ3v) is 5.75. The van der Waals surface area contributed by atoms with Gasteiger partial charge in [0.1, 0.15) is 0 Å². The highest BCUT2D eigenvalue weighted by atomic mass is 16.5. The van der Waals surface area contributed by atoms with Crippen molar-refractivity contribution in [1.82, 2.24) is 5.32 Å². The van der Waals surface area contributed by atoms with Gasteiger partial charge in [-0.25, -0.2) is 0 Å². The monoisotopic (exact) mass is 351 g/mol. The summed E-state index contributed by atoms with van der Waals surface area (Å²) in [6.07, 6.45) is 2.33. The van der Waals surface area contributed by atoms with Gasteiger partial charge in [-0.1, -0.05) is 55.5 Å². The van der Waals surface area contributed by atoms with Crippen molar-refractivity contribution in [3.05, 3.63) is 70.8 Å². The molecule has 1 saturated heterocycles. The molecule has 3 rings (SSSR count). The molecule has 26 heavy (non-hydrogen) atoms. The van der Waals surface area contributed by atoms with Gasteiger partial charge in [0.15, 0.2) is 0 Å². The Morgan fingerprint density at radius 3 is 2.38 bits per heavy atom. The molecule has 0 aliphatic carbocycles. The maximum absolute atomic E-state index is 13.4. The lowest BCUT2D eigenvalue weighted by molar-refractivity contribution is -0.131. The Labute approximate surface area is 156 Å². The number of ether oxygens (including phenoxy) is 1. The summed E-state index contributed by atoms with van der Waals surface area (Å²) in [4.78, 5) is 13.4. The highest BCUT2D eigenvalue weighted by molar-refractivity contribution is 5.88. The average molecular weight is 351 g/mol. The third kappa shape index (κ3) is 3.68. The number of nitrogens with one attached hydrogen (secondary N) is 1. The Balaban J connectivity index is 1.88. The molecule has 0 spiro atoms. The van der Waals surface area contributed by atoms with Crippen molar-refractivity contribution in [2.75, 3.05) is 13.2 Å². The molecule has 1 heterocycles. The van der Waals surface area contributed by atoms with Crippen molar-refractivity contribution in [3.63, 3.8) is 0 Å². The van der Waals surface area contributed by atoms with Crippen molar-refractivity contribution < 1.29 is 9.53 Å². The molecule has 2 aromatic rings. The lowest BCUT2D eigenvalue weighted by Crippen LogP contribution is -2.49. The molecular formula is C23H29NO2. The smallest absolute Gasteiger partial charge is 0.231 e. The topological polar surface area (TPSA) is 38.3 Å². The highest BCUT2D eigenvalue weighted by Crippen LogP contribution is 2.36. The summed E-state index contributed by atoms with van der Waals surface area (Å²) in [5.74, 6) is 0.122. The van der Waals surface area contributed by atoms with E-state index in [2.05, 4.69) is 56.4 Å². The van der Waals surface area contributed by atoms with E-state index in [0.717, 1.165) is 24.8 Å². The van der Waals surface area contributed by atoms with Gasteiger partial charge in [0.25, 0.3) is 0 Å². The Kier molecular flexibility index (Phi) is 5.77. The molecule has 2 aromatic carbocycles. The van der Waals surface area contributed by atoms with E-state index in [1.165, 1.54) is 16.7 Å². The largest absolute Gasteiger partial charge is 0.381 e. The van der Waals surface area contributed by atoms with Crippen LogP contribution >= 0.6 is 0 Å². The van der Waals surface area contributed by atoms with Crippen LogP contribution < -0.4 is 5.32 Å². The predicted molar refractivity (Wildman–Crippen MR) is 105 cm³/mol. The molecule has 138 valence electrons. The van der Waals surface area contributed by atoms with E-state index in [-0.39, 0.29) is 11.9 Å². The van der Waals surface area contributed by atoms with Crippen molar-refractivity contribution >= 4 is 5.91 Å². The number of aryl methyl sites for hydroxylation is 2. The summed E-state index contributed by atoms with van der Waals surface area (Å²) in [7, 11) is 0. The normalized spacial score (nSPS) is 17.5. The first kappa shape index (κ1) is 18.7. The Morgan fingerprint density at radius 1 is 1.08 bits per heavy atom. The molecule has 3 heteroatoms. The van der Waals surface area contributed by atoms with E-state index in [0.29, 0.717) is 13.2 Å². The molecule has 0 saturated carbocycles. The van der Waals surface area contributed by atoms with Crippen molar-refractivity contribution in [2.24, 2.45) is 0 Å². The van der Waals surface area contributed by atoms with Gasteiger partial charge >= 0.3 is 0 Å². The van der Waals surface area contributed by atoms with Gasteiger partial charge in [-0.15, -0.1) is 0 Å². The summed E-state index contributed by atoms with van der Waals surface area (Å²) in [5, 5.41) is 3.34. The molecular weight excluding hydrogens is 322 g/mol. The summed E-state index contributed by atoms with van der Waals surface area (Å²) in [6, 6.07) is 16.7. The maximum atomic E-state index is 13.4. The van der Waals surface area contributed by atoms with Gasteiger partial charge in [-0.3, -0.25) is 4.79 Å². The quantitative estimate of drug-likeness (QED) is 0.854. The molecule has 1 atom stereocenters. The lowest BCUT2D eigenvalue weighted by atomic mass is 9.73. The number of rotatable bonds is 5. The van der Waals surface area contributed by atoms with Crippen LogP contribution in [0.15, 0.2) is 48.5 Å². The minimum Gasteiger partial charge on any atom is -0.381 e. The molecule has 0 aromatic heterocycles. The van der Waals surface area contributed by atoms with E-state index in [1.54, 1.807) is 0 Å². The van der Waals surface area contributed by atoms with Crippen LogP contribution in [0, 0.1) is 13.8 Å². The number of hydrogen-bond acceptors (Lipinski definition) is 2. The number of carbonyl (C=O) groups excluding carboxylic acids is 1. The minimum absolute atomic E-state index is 0.0326. The highest BCUT2D eigenvalue weighted by Gasteiger charge is 2.42. The van der Waals surface area contributed by atoms with Crippen LogP contribution in [0.1, 0.15) is 54.5 Å². The Bertz CT molecular complexity index is 748. The second-order valence-electron chi connectivity index (χ2n) is 7.34. The molecule has 3 nitrogen and oxygen atoms in total. The van der Waals surface area contributed by atoms with Crippen molar-refractivity contribution in [3.8, 4) is 0 Å². The maximum Gasteiger partial charge on any atom is 0.231 e. The van der Waals surface area contributed by atoms with Crippen LogP contribution in [-0.2, 0) is 14.9 Å².